The number of nitrogens with one attached hydrogen (secondary N) is 2. The number of carbonyl (C=O) groups is 4. The summed E-state index contributed by atoms with van der Waals surface area (Å²) in [5.41, 5.74) is 0.902. The summed E-state index contributed by atoms with van der Waals surface area (Å²) in [5.74, 6) is -2.34. The van der Waals surface area contributed by atoms with E-state index < -0.39 is 42.2 Å². The number of carboxylic acid groups (broad SMARTS) is 1. The second-order valence-electron chi connectivity index (χ2n) is 7.33. The number of aliphatic carboxylic acids is 1. The van der Waals surface area contributed by atoms with E-state index >= 15 is 0 Å². The number of nitrogens with zero attached hydrogens (tertiary/aromatic N) is 2. The molecule has 2 unspecified atom stereocenters. The van der Waals surface area contributed by atoms with Crippen molar-refractivity contribution in [3.8, 4) is 5.69 Å². The van der Waals surface area contributed by atoms with Gasteiger partial charge in [-0.05, 0) is 30.7 Å². The van der Waals surface area contributed by atoms with Crippen LogP contribution in [0.5, 0.6) is 0 Å². The number of carboxylic acids is 1. The fourth-order valence-corrected chi connectivity index (χ4v) is 3.35. The molecule has 0 saturated heterocycles. The third-order valence-electron chi connectivity index (χ3n) is 4.96. The average molecular weight is 462 g/mol. The van der Waals surface area contributed by atoms with Crippen molar-refractivity contribution in [3.05, 3.63) is 76.4 Å². The molecule has 1 aliphatic heterocycles. The molecule has 0 fully saturated rings. The van der Waals surface area contributed by atoms with Gasteiger partial charge in [-0.2, -0.15) is 0 Å². The molecule has 2 aromatic rings. The van der Waals surface area contributed by atoms with E-state index in [1.54, 1.807) is 30.3 Å². The maximum atomic E-state index is 12.6. The number of likely N-dealkylation sites (N-methyl/N-ethyl adjacent to an activating group) is 1. The van der Waals surface area contributed by atoms with Gasteiger partial charge in [0.05, 0.1) is 12.5 Å². The van der Waals surface area contributed by atoms with Crippen LogP contribution in [0.2, 0.25) is 0 Å². The van der Waals surface area contributed by atoms with Gasteiger partial charge in [0.1, 0.15) is 0 Å². The Balaban J connectivity index is 0.00000385. The molecule has 0 aliphatic carbocycles. The number of amides is 3. The van der Waals surface area contributed by atoms with Gasteiger partial charge in [0, 0.05) is 36.8 Å². The summed E-state index contributed by atoms with van der Waals surface area (Å²) in [6, 6.07) is 8.10. The summed E-state index contributed by atoms with van der Waals surface area (Å²) in [4.78, 5) is 62.1. The van der Waals surface area contributed by atoms with E-state index in [0.717, 1.165) is 0 Å². The molecule has 3 rings (SSSR count). The van der Waals surface area contributed by atoms with E-state index in [1.807, 2.05) is 0 Å². The van der Waals surface area contributed by atoms with Gasteiger partial charge in [0.15, 0.2) is 11.8 Å². The first kappa shape index (κ1) is 26.0. The Bertz CT molecular complexity index is 1160. The zero-order valence-electron chi connectivity index (χ0n) is 17.4. The van der Waals surface area contributed by atoms with Crippen LogP contribution in [0.1, 0.15) is 24.9 Å². The van der Waals surface area contributed by atoms with Crippen LogP contribution < -0.4 is 16.2 Å². The minimum absolute atomic E-state index is 0. The molecule has 0 radical (unpaired) electrons. The monoisotopic (exact) mass is 462 g/mol. The van der Waals surface area contributed by atoms with Gasteiger partial charge in [-0.1, -0.05) is 18.2 Å². The van der Waals surface area contributed by atoms with E-state index in [4.69, 9.17) is 0 Å². The summed E-state index contributed by atoms with van der Waals surface area (Å²) in [6.07, 6.45) is 2.34. The van der Waals surface area contributed by atoms with Crippen molar-refractivity contribution < 1.29 is 24.3 Å². The predicted molar refractivity (Wildman–Crippen MR) is 121 cm³/mol. The number of aromatic nitrogens is 1. The summed E-state index contributed by atoms with van der Waals surface area (Å²) in [6.45, 7) is 1.53. The van der Waals surface area contributed by atoms with Crippen molar-refractivity contribution in [1.82, 2.24) is 20.1 Å². The van der Waals surface area contributed by atoms with Gasteiger partial charge in [-0.3, -0.25) is 23.7 Å². The van der Waals surface area contributed by atoms with Gasteiger partial charge < -0.3 is 20.6 Å². The standard InChI is InChI=1S/C22H22N4O6.Na.H/c1-13-11-25(2)21(31)19(20(13)30)24-22(32)23-16(10-18(28)29)14-8-9-17(27)26(12-14)15-6-4-3-5-7-15;;/h3-9,11-12,16,19H,10H2,1-2H3,(H,28,29)(H2,23,24,32);;. The second kappa shape index (κ2) is 11.1. The van der Waals surface area contributed by atoms with Crippen LogP contribution in [0.3, 0.4) is 0 Å². The number of hydrogen-bond donors (Lipinski definition) is 3. The molecule has 1 aromatic carbocycles. The number of Topliss-reactive ketones (excluding diaryl/α,β-unsaturated/α-hetero) is 1. The number of ketones is 1. The van der Waals surface area contributed by atoms with Gasteiger partial charge in [0.25, 0.3) is 11.5 Å². The molecule has 2 atom stereocenters. The minimum atomic E-state index is -1.41. The quantitative estimate of drug-likeness (QED) is 0.418. The van der Waals surface area contributed by atoms with E-state index in [0.29, 0.717) is 16.8 Å². The molecule has 3 amide bonds. The molecule has 168 valence electrons. The summed E-state index contributed by atoms with van der Waals surface area (Å²) in [5, 5.41) is 14.1. The summed E-state index contributed by atoms with van der Waals surface area (Å²) >= 11 is 0. The zero-order valence-corrected chi connectivity index (χ0v) is 17.4. The van der Waals surface area contributed by atoms with Crippen molar-refractivity contribution in [2.45, 2.75) is 25.4 Å². The van der Waals surface area contributed by atoms with Crippen LogP contribution in [0.25, 0.3) is 5.69 Å². The van der Waals surface area contributed by atoms with E-state index in [2.05, 4.69) is 10.6 Å². The molecular weight excluding hydrogens is 439 g/mol. The third-order valence-corrected chi connectivity index (χ3v) is 4.96. The van der Waals surface area contributed by atoms with Crippen molar-refractivity contribution in [2.75, 3.05) is 7.05 Å². The Kier molecular flexibility index (Phi) is 8.75. The van der Waals surface area contributed by atoms with Crippen LogP contribution >= 0.6 is 0 Å². The third kappa shape index (κ3) is 6.19. The van der Waals surface area contributed by atoms with Crippen LogP contribution in [-0.2, 0) is 14.4 Å². The Morgan fingerprint density at radius 2 is 1.76 bits per heavy atom. The molecule has 0 bridgehead atoms. The second-order valence-corrected chi connectivity index (χ2v) is 7.33. The van der Waals surface area contributed by atoms with E-state index in [-0.39, 0.29) is 35.1 Å². The van der Waals surface area contributed by atoms with Gasteiger partial charge >= 0.3 is 41.6 Å². The molecule has 0 saturated carbocycles. The normalized spacial score (nSPS) is 16.4. The van der Waals surface area contributed by atoms with Crippen molar-refractivity contribution in [1.29, 1.82) is 0 Å². The van der Waals surface area contributed by atoms with Crippen LogP contribution in [-0.4, -0.2) is 80.9 Å². The molecule has 1 aliphatic rings. The number of rotatable bonds is 6. The number of carbonyl (C=O) groups excluding carboxylic acids is 3. The fraction of sp³-hybridized carbons (Fsp3) is 0.227. The topological polar surface area (TPSA) is 138 Å². The summed E-state index contributed by atoms with van der Waals surface area (Å²) < 4.78 is 1.33. The van der Waals surface area contributed by atoms with Crippen LogP contribution in [0, 0.1) is 0 Å². The Morgan fingerprint density at radius 1 is 1.09 bits per heavy atom. The first-order chi connectivity index (χ1) is 15.2. The Morgan fingerprint density at radius 3 is 2.39 bits per heavy atom. The van der Waals surface area contributed by atoms with E-state index in [9.17, 15) is 29.1 Å². The first-order valence-electron chi connectivity index (χ1n) is 9.73. The van der Waals surface area contributed by atoms with E-state index in [1.165, 1.54) is 48.0 Å². The molecule has 33 heavy (non-hydrogen) atoms. The number of hydrogen-bond acceptors (Lipinski definition) is 5. The Labute approximate surface area is 211 Å². The zero-order chi connectivity index (χ0) is 23.4. The predicted octanol–water partition coefficient (Wildman–Crippen LogP) is 0.318. The average Bonchev–Trinajstić information content (AvgIpc) is 2.75. The molecule has 3 N–H and O–H groups in total. The number of para-hydroxylation sites is 1. The van der Waals surface area contributed by atoms with Gasteiger partial charge in [0.2, 0.25) is 0 Å². The first-order valence-corrected chi connectivity index (χ1v) is 9.73. The number of urea groups is 1. The maximum absolute atomic E-state index is 12.6. The van der Waals surface area contributed by atoms with Crippen molar-refractivity contribution in [3.63, 3.8) is 0 Å². The molecule has 10 nitrogen and oxygen atoms in total. The SMILES string of the molecule is CC1=CN(C)C(=O)C(NC(=O)NC(CC(=O)O)c2ccc(=O)n(-c3ccccc3)c2)C1=O.[NaH]. The summed E-state index contributed by atoms with van der Waals surface area (Å²) in [7, 11) is 1.46. The van der Waals surface area contributed by atoms with Gasteiger partial charge in [-0.25, -0.2) is 4.79 Å². The fourth-order valence-electron chi connectivity index (χ4n) is 3.35. The molecule has 0 spiro atoms. The van der Waals surface area contributed by atoms with Crippen LogP contribution in [0.4, 0.5) is 4.79 Å². The van der Waals surface area contributed by atoms with Crippen LogP contribution in [0.15, 0.2) is 65.2 Å². The number of benzene rings is 1. The molecule has 2 heterocycles. The Hall–Kier alpha value is -3.21. The van der Waals surface area contributed by atoms with Gasteiger partial charge in [-0.15, -0.1) is 0 Å². The molecule has 11 heteroatoms. The van der Waals surface area contributed by atoms with Crippen molar-refractivity contribution >= 4 is 53.2 Å². The van der Waals surface area contributed by atoms with Crippen molar-refractivity contribution in [2.24, 2.45) is 0 Å². The molecular formula is C22H23N4NaO6. The number of pyridine rings is 1. The molecule has 1 aromatic heterocycles.